The minimum Gasteiger partial charge on any atom is -0.0953 e. The fraction of sp³-hybridized carbons (Fsp3) is 0.333. The van der Waals surface area contributed by atoms with Crippen molar-refractivity contribution in [2.24, 2.45) is 0 Å². The summed E-state index contributed by atoms with van der Waals surface area (Å²) in [4.78, 5) is 0. The molecule has 0 radical (unpaired) electrons. The van der Waals surface area contributed by atoms with Crippen molar-refractivity contribution in [3.8, 4) is 0 Å². The summed E-state index contributed by atoms with van der Waals surface area (Å²) in [6.45, 7) is 8.15. The predicted octanol–water partition coefficient (Wildman–Crippen LogP) is 2.84. The van der Waals surface area contributed by atoms with Gasteiger partial charge in [-0.05, 0) is 31.4 Å². The zero-order chi connectivity index (χ0) is 6.85. The maximum atomic E-state index is 3.92. The molecule has 0 spiro atoms. The monoisotopic (exact) mass is 120 g/mol. The van der Waals surface area contributed by atoms with Crippen LogP contribution in [-0.4, -0.2) is 0 Å². The third kappa shape index (κ3) is 1.32. The molecular formula is C9H12. The lowest BCUT2D eigenvalue weighted by molar-refractivity contribution is 1.16. The van der Waals surface area contributed by atoms with E-state index < -0.39 is 0 Å². The second-order valence-electron chi connectivity index (χ2n) is 2.58. The Hall–Kier alpha value is -0.780. The molecule has 1 aliphatic carbocycles. The topological polar surface area (TPSA) is 0 Å². The van der Waals surface area contributed by atoms with Gasteiger partial charge in [-0.2, -0.15) is 0 Å². The fourth-order valence-electron chi connectivity index (χ4n) is 0.948. The van der Waals surface area contributed by atoms with Gasteiger partial charge < -0.3 is 0 Å². The maximum Gasteiger partial charge on any atom is -0.00950 e. The molecule has 48 valence electrons. The average Bonchev–Trinajstić information content (AvgIpc) is 1.80. The van der Waals surface area contributed by atoms with Crippen LogP contribution in [0.15, 0.2) is 35.5 Å². The van der Waals surface area contributed by atoms with Crippen LogP contribution in [0.1, 0.15) is 20.3 Å². The standard InChI is InChI=1S/C9H12/c1-7-4-5-8(2)9(3)6-7/h4,6H,2,5H2,1,3H3. The molecule has 0 N–H and O–H groups in total. The Balaban J connectivity index is 2.87. The van der Waals surface area contributed by atoms with Gasteiger partial charge in [0, 0.05) is 0 Å². The normalized spacial score (nSPS) is 19.1. The van der Waals surface area contributed by atoms with E-state index in [1.165, 1.54) is 16.7 Å². The smallest absolute Gasteiger partial charge is 0.00950 e. The van der Waals surface area contributed by atoms with Gasteiger partial charge in [0.05, 0.1) is 0 Å². The van der Waals surface area contributed by atoms with E-state index in [1.54, 1.807) is 0 Å². The lowest BCUT2D eigenvalue weighted by Crippen LogP contribution is -1.88. The van der Waals surface area contributed by atoms with Gasteiger partial charge in [-0.3, -0.25) is 0 Å². The summed E-state index contributed by atoms with van der Waals surface area (Å²) < 4.78 is 0. The van der Waals surface area contributed by atoms with Gasteiger partial charge in [0.25, 0.3) is 0 Å². The Kier molecular flexibility index (Phi) is 1.56. The molecule has 0 atom stereocenters. The minimum atomic E-state index is 1.04. The lowest BCUT2D eigenvalue weighted by atomic mass is 9.97. The van der Waals surface area contributed by atoms with Crippen LogP contribution in [0.25, 0.3) is 0 Å². The Morgan fingerprint density at radius 1 is 1.44 bits per heavy atom. The molecule has 0 aromatic carbocycles. The van der Waals surface area contributed by atoms with Crippen molar-refractivity contribution in [3.63, 3.8) is 0 Å². The molecule has 0 saturated carbocycles. The van der Waals surface area contributed by atoms with Crippen molar-refractivity contribution in [3.05, 3.63) is 35.5 Å². The number of hydrogen-bond donors (Lipinski definition) is 0. The number of allylic oxidation sites excluding steroid dienone is 5. The van der Waals surface area contributed by atoms with Crippen LogP contribution in [0.3, 0.4) is 0 Å². The molecule has 1 aliphatic rings. The van der Waals surface area contributed by atoms with Crippen molar-refractivity contribution in [2.45, 2.75) is 20.3 Å². The van der Waals surface area contributed by atoms with Crippen LogP contribution >= 0.6 is 0 Å². The third-order valence-corrected chi connectivity index (χ3v) is 1.67. The SMILES string of the molecule is C=C1CC=C(C)C=C1C. The van der Waals surface area contributed by atoms with Crippen LogP contribution < -0.4 is 0 Å². The summed E-state index contributed by atoms with van der Waals surface area (Å²) in [5.74, 6) is 0. The van der Waals surface area contributed by atoms with Crippen molar-refractivity contribution >= 4 is 0 Å². The van der Waals surface area contributed by atoms with Crippen LogP contribution in [0.5, 0.6) is 0 Å². The Morgan fingerprint density at radius 3 is 2.56 bits per heavy atom. The molecule has 0 aliphatic heterocycles. The van der Waals surface area contributed by atoms with Crippen molar-refractivity contribution in [1.82, 2.24) is 0 Å². The van der Waals surface area contributed by atoms with Gasteiger partial charge in [0.2, 0.25) is 0 Å². The van der Waals surface area contributed by atoms with Crippen LogP contribution in [0, 0.1) is 0 Å². The van der Waals surface area contributed by atoms with Gasteiger partial charge in [-0.15, -0.1) is 0 Å². The first-order valence-electron chi connectivity index (χ1n) is 3.23. The molecule has 0 heterocycles. The second-order valence-corrected chi connectivity index (χ2v) is 2.58. The van der Waals surface area contributed by atoms with Crippen LogP contribution in [0.4, 0.5) is 0 Å². The molecule has 0 unspecified atom stereocenters. The van der Waals surface area contributed by atoms with Gasteiger partial charge in [-0.1, -0.05) is 24.3 Å². The molecule has 0 aromatic heterocycles. The molecule has 0 saturated heterocycles. The van der Waals surface area contributed by atoms with Crippen molar-refractivity contribution in [2.75, 3.05) is 0 Å². The summed E-state index contributed by atoms with van der Waals surface area (Å²) in [6.07, 6.45) is 5.41. The highest BCUT2D eigenvalue weighted by Gasteiger charge is 1.99. The maximum absolute atomic E-state index is 3.92. The highest BCUT2D eigenvalue weighted by molar-refractivity contribution is 5.39. The van der Waals surface area contributed by atoms with Crippen LogP contribution in [0.2, 0.25) is 0 Å². The first-order valence-corrected chi connectivity index (χ1v) is 3.23. The zero-order valence-electron chi connectivity index (χ0n) is 6.07. The minimum absolute atomic E-state index is 1.04. The molecule has 0 fully saturated rings. The Bertz CT molecular complexity index is 192. The Labute approximate surface area is 56.6 Å². The van der Waals surface area contributed by atoms with E-state index in [2.05, 4.69) is 32.6 Å². The van der Waals surface area contributed by atoms with E-state index >= 15 is 0 Å². The summed E-state index contributed by atoms with van der Waals surface area (Å²) in [5, 5.41) is 0. The van der Waals surface area contributed by atoms with E-state index in [4.69, 9.17) is 0 Å². The van der Waals surface area contributed by atoms with Gasteiger partial charge in [-0.25, -0.2) is 0 Å². The molecule has 0 aromatic rings. The lowest BCUT2D eigenvalue weighted by Gasteiger charge is -2.08. The van der Waals surface area contributed by atoms with E-state index in [1.807, 2.05) is 0 Å². The summed E-state index contributed by atoms with van der Waals surface area (Å²) >= 11 is 0. The highest BCUT2D eigenvalue weighted by atomic mass is 14.1. The van der Waals surface area contributed by atoms with Crippen LogP contribution in [-0.2, 0) is 0 Å². The molecule has 0 nitrogen and oxygen atoms in total. The number of hydrogen-bond acceptors (Lipinski definition) is 0. The van der Waals surface area contributed by atoms with Gasteiger partial charge in [0.1, 0.15) is 0 Å². The quantitative estimate of drug-likeness (QED) is 0.461. The Morgan fingerprint density at radius 2 is 2.11 bits per heavy atom. The predicted molar refractivity (Wildman–Crippen MR) is 41.3 cm³/mol. The first kappa shape index (κ1) is 6.34. The molecule has 1 rings (SSSR count). The summed E-state index contributed by atoms with van der Waals surface area (Å²) in [6, 6.07) is 0. The van der Waals surface area contributed by atoms with Crippen molar-refractivity contribution in [1.29, 1.82) is 0 Å². The van der Waals surface area contributed by atoms with E-state index in [9.17, 15) is 0 Å². The molecule has 0 heteroatoms. The third-order valence-electron chi connectivity index (χ3n) is 1.67. The first-order chi connectivity index (χ1) is 4.20. The summed E-state index contributed by atoms with van der Waals surface area (Å²) in [5.41, 5.74) is 3.94. The summed E-state index contributed by atoms with van der Waals surface area (Å²) in [7, 11) is 0. The molecular weight excluding hydrogens is 108 g/mol. The molecule has 0 amide bonds. The molecule has 0 bridgehead atoms. The molecule has 9 heavy (non-hydrogen) atoms. The number of rotatable bonds is 0. The van der Waals surface area contributed by atoms with E-state index in [-0.39, 0.29) is 0 Å². The van der Waals surface area contributed by atoms with Crippen molar-refractivity contribution < 1.29 is 0 Å². The highest BCUT2D eigenvalue weighted by Crippen LogP contribution is 2.19. The average molecular weight is 120 g/mol. The van der Waals surface area contributed by atoms with E-state index in [0.29, 0.717) is 0 Å². The van der Waals surface area contributed by atoms with E-state index in [0.717, 1.165) is 6.42 Å². The van der Waals surface area contributed by atoms with Gasteiger partial charge >= 0.3 is 0 Å². The zero-order valence-corrected chi connectivity index (χ0v) is 6.07. The fourth-order valence-corrected chi connectivity index (χ4v) is 0.948. The largest absolute Gasteiger partial charge is 0.0953 e. The van der Waals surface area contributed by atoms with Gasteiger partial charge in [0.15, 0.2) is 0 Å². The second kappa shape index (κ2) is 2.22.